The van der Waals surface area contributed by atoms with Crippen LogP contribution in [0, 0.1) is 33.3 Å². The van der Waals surface area contributed by atoms with Gasteiger partial charge in [0.25, 0.3) is 5.91 Å². The molecule has 0 atom stereocenters. The molecule has 10 heteroatoms. The number of hydrogen-bond donors (Lipinski definition) is 2. The van der Waals surface area contributed by atoms with Crippen LogP contribution in [0.1, 0.15) is 44.1 Å². The number of carbonyl (C=O) groups is 2. The van der Waals surface area contributed by atoms with Crippen molar-refractivity contribution < 1.29 is 19.6 Å². The minimum absolute atomic E-state index is 0.121. The van der Waals surface area contributed by atoms with Crippen LogP contribution in [0.3, 0.4) is 0 Å². The summed E-state index contributed by atoms with van der Waals surface area (Å²) in [7, 11) is 0. The number of rotatable bonds is 4. The Hall–Kier alpha value is -2.46. The Morgan fingerprint density at radius 1 is 1.26 bits per heavy atom. The molecule has 4 saturated carbocycles. The number of hydrogen-bond acceptors (Lipinski definition) is 7. The van der Waals surface area contributed by atoms with Crippen LogP contribution < -0.4 is 5.43 Å². The number of amides is 2. The molecule has 1 aromatic carbocycles. The Balaban J connectivity index is 1.34. The van der Waals surface area contributed by atoms with E-state index in [9.17, 15) is 24.8 Å². The van der Waals surface area contributed by atoms with Crippen molar-refractivity contribution in [2.75, 3.05) is 0 Å². The van der Waals surface area contributed by atoms with Gasteiger partial charge in [0.2, 0.25) is 5.91 Å². The predicted molar refractivity (Wildman–Crippen MR) is 119 cm³/mol. The summed E-state index contributed by atoms with van der Waals surface area (Å²) in [5, 5.41) is 21.8. The topological polar surface area (TPSA) is 113 Å². The maximum Gasteiger partial charge on any atom is 0.311 e. The number of thioether (sulfide) groups is 1. The number of nitrogens with one attached hydrogen (secondary N) is 1. The van der Waals surface area contributed by atoms with E-state index in [-0.39, 0.29) is 15.1 Å². The summed E-state index contributed by atoms with van der Waals surface area (Å²) in [4.78, 5) is 36.8. The molecule has 0 spiro atoms. The van der Waals surface area contributed by atoms with E-state index in [4.69, 9.17) is 12.2 Å². The molecule has 0 aromatic heterocycles. The summed E-state index contributed by atoms with van der Waals surface area (Å²) in [6.45, 7) is 0. The summed E-state index contributed by atoms with van der Waals surface area (Å²) in [5.74, 6) is 0.792. The van der Waals surface area contributed by atoms with E-state index in [1.165, 1.54) is 43.5 Å². The predicted octanol–water partition coefficient (Wildman–Crippen LogP) is 3.75. The highest BCUT2D eigenvalue weighted by Crippen LogP contribution is 2.60. The Labute approximate surface area is 188 Å². The van der Waals surface area contributed by atoms with E-state index in [2.05, 4.69) is 5.43 Å². The van der Waals surface area contributed by atoms with Gasteiger partial charge >= 0.3 is 5.69 Å². The average molecular weight is 460 g/mol. The number of nitro benzene ring substituents is 1. The lowest BCUT2D eigenvalue weighted by atomic mass is 9.49. The highest BCUT2D eigenvalue weighted by molar-refractivity contribution is 8.26. The van der Waals surface area contributed by atoms with Gasteiger partial charge < -0.3 is 5.11 Å². The fourth-order valence-electron chi connectivity index (χ4n) is 6.10. The van der Waals surface area contributed by atoms with E-state index < -0.39 is 27.7 Å². The van der Waals surface area contributed by atoms with Crippen molar-refractivity contribution in [2.45, 2.75) is 38.5 Å². The number of phenolic OH excluding ortho intramolecular Hbond substituents is 1. The molecular weight excluding hydrogens is 438 g/mol. The molecule has 6 rings (SSSR count). The molecule has 2 amide bonds. The quantitative estimate of drug-likeness (QED) is 0.305. The normalized spacial score (nSPS) is 32.7. The standard InChI is InChI=1S/C21H21N3O5S2/c25-16-2-1-11(6-15(16)24(28)29)7-17-18(26)23(20(30)31-17)22-19(27)21-8-12-3-13(9-21)5-14(4-12)10-21/h1-2,6-7,12-14,25H,3-5,8-10H2,(H,22,27)/b17-7+. The molecule has 5 fully saturated rings. The first-order valence-corrected chi connectivity index (χ1v) is 11.5. The van der Waals surface area contributed by atoms with Gasteiger partial charge in [-0.3, -0.25) is 25.1 Å². The fraction of sp³-hybridized carbons (Fsp3) is 0.476. The first-order valence-electron chi connectivity index (χ1n) is 10.3. The molecule has 0 unspecified atom stereocenters. The van der Waals surface area contributed by atoms with Gasteiger partial charge in [-0.1, -0.05) is 17.8 Å². The molecule has 1 saturated heterocycles. The van der Waals surface area contributed by atoms with Crippen molar-refractivity contribution in [3.63, 3.8) is 0 Å². The van der Waals surface area contributed by atoms with Crippen LogP contribution in [-0.2, 0) is 9.59 Å². The van der Waals surface area contributed by atoms with Gasteiger partial charge in [-0.05, 0) is 86.2 Å². The second-order valence-electron chi connectivity index (χ2n) is 9.16. The fourth-order valence-corrected chi connectivity index (χ4v) is 7.28. The number of hydrazine groups is 1. The van der Waals surface area contributed by atoms with Crippen LogP contribution in [0.25, 0.3) is 6.08 Å². The molecule has 1 aliphatic heterocycles. The van der Waals surface area contributed by atoms with E-state index in [0.717, 1.165) is 36.0 Å². The van der Waals surface area contributed by atoms with Crippen LogP contribution >= 0.6 is 24.0 Å². The van der Waals surface area contributed by atoms with E-state index in [1.807, 2.05) is 0 Å². The number of phenols is 1. The van der Waals surface area contributed by atoms with Gasteiger partial charge in [0.1, 0.15) is 0 Å². The third-order valence-corrected chi connectivity index (χ3v) is 8.32. The molecule has 4 bridgehead atoms. The summed E-state index contributed by atoms with van der Waals surface area (Å²) in [6.07, 6.45) is 7.77. The highest BCUT2D eigenvalue weighted by atomic mass is 32.2. The second-order valence-corrected chi connectivity index (χ2v) is 10.8. The van der Waals surface area contributed by atoms with Gasteiger partial charge in [-0.15, -0.1) is 0 Å². The first kappa shape index (κ1) is 20.4. The maximum absolute atomic E-state index is 13.3. The Morgan fingerprint density at radius 2 is 1.87 bits per heavy atom. The number of aromatic hydroxyl groups is 1. The lowest BCUT2D eigenvalue weighted by Crippen LogP contribution is -2.57. The van der Waals surface area contributed by atoms with Crippen molar-refractivity contribution >= 4 is 51.9 Å². The Morgan fingerprint density at radius 3 is 2.45 bits per heavy atom. The van der Waals surface area contributed by atoms with Crippen LogP contribution in [0.15, 0.2) is 23.1 Å². The van der Waals surface area contributed by atoms with Crippen LogP contribution in [-0.4, -0.2) is 31.2 Å². The number of nitro groups is 1. The smallest absolute Gasteiger partial charge is 0.311 e. The zero-order chi connectivity index (χ0) is 21.9. The first-order chi connectivity index (χ1) is 14.7. The van der Waals surface area contributed by atoms with E-state index >= 15 is 0 Å². The second kappa shape index (κ2) is 7.30. The number of thiocarbonyl (C=S) groups is 1. The van der Waals surface area contributed by atoms with Gasteiger partial charge in [0, 0.05) is 6.07 Å². The summed E-state index contributed by atoms with van der Waals surface area (Å²) >= 11 is 6.36. The van der Waals surface area contributed by atoms with E-state index in [1.54, 1.807) is 0 Å². The third-order valence-electron chi connectivity index (χ3n) is 7.02. The van der Waals surface area contributed by atoms with Crippen molar-refractivity contribution in [3.8, 4) is 5.75 Å². The lowest BCUT2D eigenvalue weighted by molar-refractivity contribution is -0.385. The Bertz CT molecular complexity index is 1020. The molecule has 0 radical (unpaired) electrons. The van der Waals surface area contributed by atoms with E-state index in [0.29, 0.717) is 23.3 Å². The van der Waals surface area contributed by atoms with Gasteiger partial charge in [0.05, 0.1) is 15.2 Å². The van der Waals surface area contributed by atoms with Crippen LogP contribution in [0.4, 0.5) is 5.69 Å². The number of carbonyl (C=O) groups excluding carboxylic acids is 2. The molecule has 1 heterocycles. The zero-order valence-electron chi connectivity index (χ0n) is 16.6. The van der Waals surface area contributed by atoms with Crippen LogP contribution in [0.5, 0.6) is 5.75 Å². The maximum atomic E-state index is 13.3. The van der Waals surface area contributed by atoms with Crippen LogP contribution in [0.2, 0.25) is 0 Å². The monoisotopic (exact) mass is 459 g/mol. The molecule has 4 aliphatic carbocycles. The number of benzene rings is 1. The molecule has 5 aliphatic rings. The van der Waals surface area contributed by atoms with Crippen molar-refractivity contribution in [1.29, 1.82) is 0 Å². The van der Waals surface area contributed by atoms with Gasteiger partial charge in [0.15, 0.2) is 10.1 Å². The molecule has 2 N–H and O–H groups in total. The number of nitrogens with zero attached hydrogens (tertiary/aromatic N) is 2. The molecule has 1 aromatic rings. The minimum atomic E-state index is -0.691. The van der Waals surface area contributed by atoms with Crippen molar-refractivity contribution in [2.24, 2.45) is 23.2 Å². The molecule has 31 heavy (non-hydrogen) atoms. The summed E-state index contributed by atoms with van der Waals surface area (Å²) in [5.41, 5.74) is 2.32. The zero-order valence-corrected chi connectivity index (χ0v) is 18.2. The SMILES string of the molecule is O=C1/C(=C\c2ccc(O)c([N+](=O)[O-])c2)SC(=S)N1NC(=O)C12CC3CC(CC(C3)C1)C2. The lowest BCUT2D eigenvalue weighted by Gasteiger charge is -2.55. The minimum Gasteiger partial charge on any atom is -0.502 e. The average Bonchev–Trinajstić information content (AvgIpc) is 2.95. The van der Waals surface area contributed by atoms with Crippen molar-refractivity contribution in [1.82, 2.24) is 10.4 Å². The van der Waals surface area contributed by atoms with Gasteiger partial charge in [-0.25, -0.2) is 0 Å². The largest absolute Gasteiger partial charge is 0.502 e. The molecular formula is C21H21N3O5S2. The third kappa shape index (κ3) is 3.51. The molecule has 162 valence electrons. The Kier molecular flexibility index (Phi) is 4.82. The van der Waals surface area contributed by atoms with Crippen molar-refractivity contribution in [3.05, 3.63) is 38.8 Å². The highest BCUT2D eigenvalue weighted by Gasteiger charge is 2.55. The summed E-state index contributed by atoms with van der Waals surface area (Å²) in [6, 6.07) is 3.87. The molecule has 8 nitrogen and oxygen atoms in total. The van der Waals surface area contributed by atoms with Gasteiger partial charge in [-0.2, -0.15) is 5.01 Å². The summed E-state index contributed by atoms with van der Waals surface area (Å²) < 4.78 is 0.225.